The molecular formula is C34H28N2. The van der Waals surface area contributed by atoms with Crippen molar-refractivity contribution in [2.45, 2.75) is 27.7 Å². The lowest BCUT2D eigenvalue weighted by Gasteiger charge is -2.15. The molecule has 5 aromatic carbocycles. The van der Waals surface area contributed by atoms with E-state index in [2.05, 4.69) is 134 Å². The molecule has 0 bridgehead atoms. The van der Waals surface area contributed by atoms with E-state index >= 15 is 0 Å². The van der Waals surface area contributed by atoms with E-state index in [0.29, 0.717) is 0 Å². The largest absolute Gasteiger partial charge is 0.309 e. The Balaban J connectivity index is 1.72. The predicted octanol–water partition coefficient (Wildman–Crippen LogP) is 9.11. The minimum absolute atomic E-state index is 1.25. The minimum Gasteiger partial charge on any atom is -0.309 e. The second-order valence-electron chi connectivity index (χ2n) is 10.1. The van der Waals surface area contributed by atoms with Gasteiger partial charge in [-0.1, -0.05) is 72.8 Å². The monoisotopic (exact) mass is 464 g/mol. The van der Waals surface area contributed by atoms with E-state index in [-0.39, 0.29) is 0 Å². The van der Waals surface area contributed by atoms with Crippen molar-refractivity contribution in [3.05, 3.63) is 119 Å². The van der Waals surface area contributed by atoms with Gasteiger partial charge in [-0.3, -0.25) is 0 Å². The van der Waals surface area contributed by atoms with Gasteiger partial charge in [-0.05, 0) is 74.2 Å². The molecule has 0 N–H and O–H groups in total. The second kappa shape index (κ2) is 7.60. The zero-order valence-corrected chi connectivity index (χ0v) is 21.1. The first kappa shape index (κ1) is 21.0. The van der Waals surface area contributed by atoms with Gasteiger partial charge in [0.2, 0.25) is 0 Å². The van der Waals surface area contributed by atoms with Crippen molar-refractivity contribution >= 4 is 43.6 Å². The summed E-state index contributed by atoms with van der Waals surface area (Å²) in [6.07, 6.45) is 0. The van der Waals surface area contributed by atoms with Crippen LogP contribution in [-0.2, 0) is 0 Å². The molecule has 0 aliphatic heterocycles. The van der Waals surface area contributed by atoms with Gasteiger partial charge in [0.1, 0.15) is 0 Å². The topological polar surface area (TPSA) is 9.86 Å². The van der Waals surface area contributed by atoms with Crippen molar-refractivity contribution in [2.75, 3.05) is 0 Å². The van der Waals surface area contributed by atoms with Crippen molar-refractivity contribution < 1.29 is 0 Å². The number of rotatable bonds is 2. The fourth-order valence-electron chi connectivity index (χ4n) is 6.23. The summed E-state index contributed by atoms with van der Waals surface area (Å²) in [5, 5.41) is 5.15. The fourth-order valence-corrected chi connectivity index (χ4v) is 6.23. The summed E-state index contributed by atoms with van der Waals surface area (Å²) in [6, 6.07) is 35.7. The van der Waals surface area contributed by atoms with Crippen LogP contribution in [0.15, 0.2) is 97.1 Å². The standard InChI is InChI=1S/C34H28N2/c1-21-11-9-12-22(2)33(21)35-29-17-7-5-15-25(29)27-20-32-28(19-31(27)35)26-16-6-8-18-30(26)36(32)34-23(3)13-10-14-24(34)4/h5-20H,1-4H3. The summed E-state index contributed by atoms with van der Waals surface area (Å²) in [7, 11) is 0. The molecule has 36 heavy (non-hydrogen) atoms. The predicted molar refractivity (Wildman–Crippen MR) is 154 cm³/mol. The first-order valence-electron chi connectivity index (χ1n) is 12.6. The van der Waals surface area contributed by atoms with Crippen LogP contribution in [0.1, 0.15) is 22.3 Å². The van der Waals surface area contributed by atoms with Crippen LogP contribution >= 0.6 is 0 Å². The Hall–Kier alpha value is -4.30. The Labute approximate surface area is 211 Å². The van der Waals surface area contributed by atoms with Gasteiger partial charge in [-0.25, -0.2) is 0 Å². The van der Waals surface area contributed by atoms with E-state index < -0.39 is 0 Å². The highest BCUT2D eigenvalue weighted by Crippen LogP contribution is 2.41. The van der Waals surface area contributed by atoms with Crippen molar-refractivity contribution in [3.63, 3.8) is 0 Å². The smallest absolute Gasteiger partial charge is 0.0549 e. The van der Waals surface area contributed by atoms with E-state index in [1.54, 1.807) is 0 Å². The Bertz CT molecular complexity index is 1790. The number of hydrogen-bond donors (Lipinski definition) is 0. The molecule has 0 spiro atoms. The molecule has 7 aromatic rings. The van der Waals surface area contributed by atoms with Gasteiger partial charge in [0.05, 0.1) is 33.4 Å². The number of benzene rings is 5. The quantitative estimate of drug-likeness (QED) is 0.241. The SMILES string of the molecule is Cc1cccc(C)c1-n1c2ccccc2c2cc3c(cc21)c1ccccc1n3-c1c(C)cccc1C. The van der Waals surface area contributed by atoms with Crippen molar-refractivity contribution in [2.24, 2.45) is 0 Å². The molecule has 0 atom stereocenters. The molecule has 174 valence electrons. The first-order valence-corrected chi connectivity index (χ1v) is 12.6. The summed E-state index contributed by atoms with van der Waals surface area (Å²) >= 11 is 0. The van der Waals surface area contributed by atoms with Crippen molar-refractivity contribution in [1.82, 2.24) is 9.13 Å². The maximum Gasteiger partial charge on any atom is 0.0549 e. The number of aryl methyl sites for hydroxylation is 4. The normalized spacial score (nSPS) is 11.9. The van der Waals surface area contributed by atoms with Crippen molar-refractivity contribution in [3.8, 4) is 11.4 Å². The molecule has 2 heterocycles. The summed E-state index contributed by atoms with van der Waals surface area (Å²) in [5.41, 5.74) is 12.7. The number of para-hydroxylation sites is 4. The molecular weight excluding hydrogens is 436 g/mol. The van der Waals surface area contributed by atoms with Crippen LogP contribution in [0.2, 0.25) is 0 Å². The summed E-state index contributed by atoms with van der Waals surface area (Å²) in [4.78, 5) is 0. The molecule has 7 rings (SSSR count). The summed E-state index contributed by atoms with van der Waals surface area (Å²) in [6.45, 7) is 8.87. The van der Waals surface area contributed by atoms with E-state index in [0.717, 1.165) is 0 Å². The number of nitrogens with zero attached hydrogens (tertiary/aromatic N) is 2. The first-order chi connectivity index (χ1) is 17.5. The molecule has 0 aliphatic rings. The number of fused-ring (bicyclic) bond motifs is 6. The Morgan fingerprint density at radius 1 is 0.361 bits per heavy atom. The molecule has 0 fully saturated rings. The molecule has 0 unspecified atom stereocenters. The maximum atomic E-state index is 2.47. The Morgan fingerprint density at radius 3 is 1.11 bits per heavy atom. The maximum absolute atomic E-state index is 2.47. The van der Waals surface area contributed by atoms with Crippen LogP contribution in [0.3, 0.4) is 0 Å². The van der Waals surface area contributed by atoms with Crippen LogP contribution in [-0.4, -0.2) is 9.13 Å². The van der Waals surface area contributed by atoms with Crippen LogP contribution in [0.5, 0.6) is 0 Å². The lowest BCUT2D eigenvalue weighted by molar-refractivity contribution is 1.12. The molecule has 2 nitrogen and oxygen atoms in total. The number of hydrogen-bond acceptors (Lipinski definition) is 0. The van der Waals surface area contributed by atoms with Gasteiger partial charge >= 0.3 is 0 Å². The number of aromatic nitrogens is 2. The highest BCUT2D eigenvalue weighted by molar-refractivity contribution is 6.19. The van der Waals surface area contributed by atoms with Gasteiger partial charge < -0.3 is 9.13 Å². The Morgan fingerprint density at radius 2 is 0.722 bits per heavy atom. The third-order valence-corrected chi connectivity index (χ3v) is 7.79. The van der Waals surface area contributed by atoms with Gasteiger partial charge in [0.15, 0.2) is 0 Å². The zero-order chi connectivity index (χ0) is 24.6. The van der Waals surface area contributed by atoms with E-state index in [4.69, 9.17) is 0 Å². The van der Waals surface area contributed by atoms with Gasteiger partial charge in [-0.15, -0.1) is 0 Å². The molecule has 2 aromatic heterocycles. The molecule has 0 amide bonds. The molecule has 0 radical (unpaired) electrons. The lowest BCUT2D eigenvalue weighted by atomic mass is 10.1. The second-order valence-corrected chi connectivity index (χ2v) is 10.1. The van der Waals surface area contributed by atoms with Crippen LogP contribution in [0.4, 0.5) is 0 Å². The van der Waals surface area contributed by atoms with Gasteiger partial charge in [0, 0.05) is 21.5 Å². The van der Waals surface area contributed by atoms with Crippen molar-refractivity contribution in [1.29, 1.82) is 0 Å². The molecule has 0 saturated heterocycles. The third kappa shape index (κ3) is 2.79. The van der Waals surface area contributed by atoms with Gasteiger partial charge in [0.25, 0.3) is 0 Å². The van der Waals surface area contributed by atoms with E-state index in [9.17, 15) is 0 Å². The van der Waals surface area contributed by atoms with Gasteiger partial charge in [-0.2, -0.15) is 0 Å². The van der Waals surface area contributed by atoms with Crippen LogP contribution in [0.25, 0.3) is 55.0 Å². The minimum atomic E-state index is 1.25. The zero-order valence-electron chi connectivity index (χ0n) is 21.1. The third-order valence-electron chi connectivity index (χ3n) is 7.79. The highest BCUT2D eigenvalue weighted by atomic mass is 15.0. The molecule has 2 heteroatoms. The summed E-state index contributed by atoms with van der Waals surface area (Å²) in [5.74, 6) is 0. The van der Waals surface area contributed by atoms with E-state index in [1.807, 2.05) is 0 Å². The van der Waals surface area contributed by atoms with E-state index in [1.165, 1.54) is 77.2 Å². The lowest BCUT2D eigenvalue weighted by Crippen LogP contribution is -2.00. The fraction of sp³-hybridized carbons (Fsp3) is 0.118. The average Bonchev–Trinajstić information content (AvgIpc) is 3.36. The average molecular weight is 465 g/mol. The molecule has 0 aliphatic carbocycles. The molecule has 0 saturated carbocycles. The Kier molecular flexibility index (Phi) is 4.44. The summed E-state index contributed by atoms with van der Waals surface area (Å²) < 4.78 is 4.94. The van der Waals surface area contributed by atoms with Crippen LogP contribution in [0, 0.1) is 27.7 Å². The highest BCUT2D eigenvalue weighted by Gasteiger charge is 2.20. The van der Waals surface area contributed by atoms with Crippen LogP contribution < -0.4 is 0 Å².